The Bertz CT molecular complexity index is 333. The third-order valence-corrected chi connectivity index (χ3v) is 1.46. The van der Waals surface area contributed by atoms with Crippen molar-refractivity contribution < 1.29 is 14.7 Å². The summed E-state index contributed by atoms with van der Waals surface area (Å²) in [6.45, 7) is 0. The van der Waals surface area contributed by atoms with E-state index in [0.29, 0.717) is 11.8 Å². The summed E-state index contributed by atoms with van der Waals surface area (Å²) in [6.07, 6.45) is 0.584. The maximum absolute atomic E-state index is 10.4. The molecule has 0 amide bonds. The Hall–Kier alpha value is -1.58. The molecule has 0 unspecified atom stereocenters. The van der Waals surface area contributed by atoms with E-state index in [9.17, 15) is 9.59 Å². The van der Waals surface area contributed by atoms with Crippen LogP contribution in [0.25, 0.3) is 0 Å². The molecule has 4 heteroatoms. The average Bonchev–Trinajstić information content (AvgIpc) is 2.04. The van der Waals surface area contributed by atoms with Gasteiger partial charge in [-0.25, -0.2) is 4.79 Å². The van der Waals surface area contributed by atoms with Crippen LogP contribution >= 0.6 is 0 Å². The Morgan fingerprint density at radius 1 is 1.50 bits per heavy atom. The summed E-state index contributed by atoms with van der Waals surface area (Å²) >= 11 is 0. The van der Waals surface area contributed by atoms with Gasteiger partial charge in [-0.2, -0.15) is 0 Å². The second kappa shape index (κ2) is 3.22. The summed E-state index contributed by atoms with van der Waals surface area (Å²) in [4.78, 5) is 20.7. The number of aromatic carboxylic acids is 1. The van der Waals surface area contributed by atoms with Gasteiger partial charge in [-0.3, -0.25) is 4.79 Å². The number of aldehydes is 1. The molecule has 0 spiro atoms. The quantitative estimate of drug-likeness (QED) is 0.488. The molecular weight excluding hydrogens is 155 g/mol. The van der Waals surface area contributed by atoms with E-state index in [1.54, 1.807) is 0 Å². The number of carbonyl (C=O) groups excluding carboxylic acids is 1. The summed E-state index contributed by atoms with van der Waals surface area (Å²) in [7, 11) is 5.38. The summed E-state index contributed by atoms with van der Waals surface area (Å²) in [5.74, 6) is -1.06. The van der Waals surface area contributed by atoms with Crippen molar-refractivity contribution in [1.29, 1.82) is 0 Å². The van der Waals surface area contributed by atoms with Gasteiger partial charge in [0.2, 0.25) is 0 Å². The molecule has 0 saturated carbocycles. The summed E-state index contributed by atoms with van der Waals surface area (Å²) in [5.41, 5.74) is 0.572. The second-order valence-corrected chi connectivity index (χ2v) is 2.27. The highest BCUT2D eigenvalue weighted by Gasteiger charge is 2.03. The predicted octanol–water partition coefficient (Wildman–Crippen LogP) is -0.00890. The highest BCUT2D eigenvalue weighted by molar-refractivity contribution is 6.35. The molecule has 0 atom stereocenters. The van der Waals surface area contributed by atoms with Crippen molar-refractivity contribution in [3.05, 3.63) is 29.3 Å². The molecule has 0 aromatic heterocycles. The first-order valence-corrected chi connectivity index (χ1v) is 3.23. The van der Waals surface area contributed by atoms with Gasteiger partial charge in [0.15, 0.2) is 0 Å². The van der Waals surface area contributed by atoms with Crippen molar-refractivity contribution in [2.45, 2.75) is 0 Å². The maximum Gasteiger partial charge on any atom is 0.335 e. The van der Waals surface area contributed by atoms with Crippen LogP contribution < -0.4 is 5.46 Å². The lowest BCUT2D eigenvalue weighted by Crippen LogP contribution is -2.12. The SMILES string of the molecule is [B]c1cc(C(=O)O)ccc1C=O. The van der Waals surface area contributed by atoms with Gasteiger partial charge in [0.25, 0.3) is 0 Å². The number of hydrogen-bond acceptors (Lipinski definition) is 2. The van der Waals surface area contributed by atoms with Crippen LogP contribution in [-0.4, -0.2) is 25.2 Å². The van der Waals surface area contributed by atoms with Gasteiger partial charge in [0.05, 0.1) is 5.56 Å². The van der Waals surface area contributed by atoms with Gasteiger partial charge in [-0.15, -0.1) is 0 Å². The monoisotopic (exact) mass is 160 g/mol. The predicted molar refractivity (Wildman–Crippen MR) is 44.2 cm³/mol. The maximum atomic E-state index is 10.4. The van der Waals surface area contributed by atoms with Crippen LogP contribution in [0.2, 0.25) is 0 Å². The van der Waals surface area contributed by atoms with Crippen LogP contribution in [0.15, 0.2) is 18.2 Å². The standard InChI is InChI=1S/C8H5BO3/c9-7-3-5(8(11)12)1-2-6(7)4-10/h1-4H,(H,11,12). The molecule has 0 fully saturated rings. The lowest BCUT2D eigenvalue weighted by Gasteiger charge is -1.99. The molecule has 2 radical (unpaired) electrons. The molecule has 12 heavy (non-hydrogen) atoms. The first-order chi connectivity index (χ1) is 5.65. The van der Waals surface area contributed by atoms with E-state index < -0.39 is 5.97 Å². The zero-order chi connectivity index (χ0) is 9.14. The van der Waals surface area contributed by atoms with E-state index in [1.165, 1.54) is 18.2 Å². The van der Waals surface area contributed by atoms with Crippen molar-refractivity contribution >= 4 is 25.6 Å². The Morgan fingerprint density at radius 3 is 2.58 bits per heavy atom. The smallest absolute Gasteiger partial charge is 0.335 e. The lowest BCUT2D eigenvalue weighted by molar-refractivity contribution is 0.0696. The Kier molecular flexibility index (Phi) is 2.28. The zero-order valence-corrected chi connectivity index (χ0v) is 6.15. The van der Waals surface area contributed by atoms with Gasteiger partial charge in [-0.1, -0.05) is 17.6 Å². The largest absolute Gasteiger partial charge is 0.478 e. The van der Waals surface area contributed by atoms with Crippen molar-refractivity contribution in [2.75, 3.05) is 0 Å². The minimum absolute atomic E-state index is 0.0816. The van der Waals surface area contributed by atoms with Gasteiger partial charge in [0.1, 0.15) is 14.1 Å². The van der Waals surface area contributed by atoms with Gasteiger partial charge in [-0.05, 0) is 6.07 Å². The zero-order valence-electron chi connectivity index (χ0n) is 6.15. The molecule has 0 saturated heterocycles. The fraction of sp³-hybridized carbons (Fsp3) is 0. The molecule has 1 aromatic rings. The van der Waals surface area contributed by atoms with Crippen molar-refractivity contribution in [3.63, 3.8) is 0 Å². The molecule has 1 N–H and O–H groups in total. The Labute approximate surface area is 70.4 Å². The van der Waals surface area contributed by atoms with Gasteiger partial charge >= 0.3 is 5.97 Å². The molecule has 0 bridgehead atoms. The molecule has 1 rings (SSSR count). The molecule has 1 aromatic carbocycles. The average molecular weight is 160 g/mol. The molecule has 0 aliphatic carbocycles. The van der Waals surface area contributed by atoms with E-state index >= 15 is 0 Å². The fourth-order valence-corrected chi connectivity index (χ4v) is 0.815. The number of carboxylic acids is 1. The Morgan fingerprint density at radius 2 is 2.17 bits per heavy atom. The number of carboxylic acid groups (broad SMARTS) is 1. The third kappa shape index (κ3) is 1.53. The number of carbonyl (C=O) groups is 2. The first-order valence-electron chi connectivity index (χ1n) is 3.23. The van der Waals surface area contributed by atoms with Gasteiger partial charge < -0.3 is 5.11 Å². The minimum atomic E-state index is -1.06. The van der Waals surface area contributed by atoms with Crippen LogP contribution in [0.1, 0.15) is 20.7 Å². The van der Waals surface area contributed by atoms with Crippen LogP contribution in [0, 0.1) is 0 Å². The molecule has 3 nitrogen and oxygen atoms in total. The van der Waals surface area contributed by atoms with Crippen molar-refractivity contribution in [1.82, 2.24) is 0 Å². The lowest BCUT2D eigenvalue weighted by atomic mass is 9.89. The summed E-state index contributed by atoms with van der Waals surface area (Å²) < 4.78 is 0. The van der Waals surface area contributed by atoms with Crippen LogP contribution in [-0.2, 0) is 0 Å². The number of rotatable bonds is 2. The van der Waals surface area contributed by atoms with E-state index in [-0.39, 0.29) is 11.0 Å². The Balaban J connectivity index is 3.18. The van der Waals surface area contributed by atoms with Crippen LogP contribution in [0.4, 0.5) is 0 Å². The highest BCUT2D eigenvalue weighted by atomic mass is 16.4. The first kappa shape index (κ1) is 8.52. The van der Waals surface area contributed by atoms with E-state index in [4.69, 9.17) is 13.0 Å². The molecular formula is C8H5BO3. The van der Waals surface area contributed by atoms with Crippen LogP contribution in [0.3, 0.4) is 0 Å². The normalized spacial score (nSPS) is 9.33. The number of hydrogen-bond donors (Lipinski definition) is 1. The number of benzene rings is 1. The van der Waals surface area contributed by atoms with Crippen LogP contribution in [0.5, 0.6) is 0 Å². The minimum Gasteiger partial charge on any atom is -0.478 e. The molecule has 0 heterocycles. The summed E-state index contributed by atoms with van der Waals surface area (Å²) in [5, 5.41) is 8.53. The van der Waals surface area contributed by atoms with Crippen molar-refractivity contribution in [2.24, 2.45) is 0 Å². The molecule has 0 aliphatic heterocycles. The third-order valence-electron chi connectivity index (χ3n) is 1.46. The summed E-state index contributed by atoms with van der Waals surface area (Å²) in [6, 6.07) is 3.97. The topological polar surface area (TPSA) is 54.4 Å². The van der Waals surface area contributed by atoms with E-state index in [1.807, 2.05) is 0 Å². The fourth-order valence-electron chi connectivity index (χ4n) is 0.815. The van der Waals surface area contributed by atoms with E-state index in [0.717, 1.165) is 0 Å². The van der Waals surface area contributed by atoms with Gasteiger partial charge in [0, 0.05) is 5.56 Å². The molecule has 58 valence electrons. The molecule has 0 aliphatic rings. The van der Waals surface area contributed by atoms with E-state index in [2.05, 4.69) is 0 Å². The second-order valence-electron chi connectivity index (χ2n) is 2.27. The highest BCUT2D eigenvalue weighted by Crippen LogP contribution is 1.98. The van der Waals surface area contributed by atoms with Crippen molar-refractivity contribution in [3.8, 4) is 0 Å².